The van der Waals surface area contributed by atoms with Crippen molar-refractivity contribution in [3.05, 3.63) is 0 Å². The summed E-state index contributed by atoms with van der Waals surface area (Å²) >= 11 is 0. The average molecular weight is 231 g/mol. The molecule has 0 spiro atoms. The van der Waals surface area contributed by atoms with E-state index >= 15 is 0 Å². The Kier molecular flexibility index (Phi) is 4.15. The van der Waals surface area contributed by atoms with E-state index in [1.165, 1.54) is 4.90 Å². The summed E-state index contributed by atoms with van der Waals surface area (Å²) in [6.07, 6.45) is -0.460. The lowest BCUT2D eigenvalue weighted by Gasteiger charge is -2.35. The molecule has 1 rings (SSSR count). The molecule has 5 heteroatoms. The highest BCUT2D eigenvalue weighted by molar-refractivity contribution is 5.68. The fourth-order valence-corrected chi connectivity index (χ4v) is 1.78. The maximum atomic E-state index is 11.7. The van der Waals surface area contributed by atoms with Gasteiger partial charge in [0.05, 0.1) is 6.10 Å². The van der Waals surface area contributed by atoms with Crippen molar-refractivity contribution in [1.29, 1.82) is 0 Å². The molecule has 2 N–H and O–H groups in total. The van der Waals surface area contributed by atoms with Crippen molar-refractivity contribution < 1.29 is 19.7 Å². The van der Waals surface area contributed by atoms with Gasteiger partial charge in [-0.2, -0.15) is 0 Å². The van der Waals surface area contributed by atoms with Gasteiger partial charge in [-0.15, -0.1) is 0 Å². The van der Waals surface area contributed by atoms with E-state index in [-0.39, 0.29) is 19.1 Å². The van der Waals surface area contributed by atoms with Gasteiger partial charge in [0.1, 0.15) is 5.60 Å². The number of piperidine rings is 1. The maximum absolute atomic E-state index is 11.7. The number of amides is 1. The number of carbonyl (C=O) groups is 1. The fourth-order valence-electron chi connectivity index (χ4n) is 1.78. The van der Waals surface area contributed by atoms with Crippen molar-refractivity contribution in [2.75, 3.05) is 19.7 Å². The Bertz CT molecular complexity index is 249. The predicted octanol–water partition coefficient (Wildman–Crippen LogP) is 0.597. The zero-order valence-corrected chi connectivity index (χ0v) is 10.1. The summed E-state index contributed by atoms with van der Waals surface area (Å²) in [4.78, 5) is 13.2. The molecule has 0 aromatic rings. The van der Waals surface area contributed by atoms with Crippen LogP contribution in [0.1, 0.15) is 27.2 Å². The smallest absolute Gasteiger partial charge is 0.410 e. The number of hydrogen-bond donors (Lipinski definition) is 2. The molecule has 5 nitrogen and oxygen atoms in total. The van der Waals surface area contributed by atoms with Crippen molar-refractivity contribution in [1.82, 2.24) is 4.90 Å². The Balaban J connectivity index is 2.55. The number of rotatable bonds is 1. The van der Waals surface area contributed by atoms with Crippen molar-refractivity contribution in [2.24, 2.45) is 5.92 Å². The van der Waals surface area contributed by atoms with Crippen LogP contribution in [0.5, 0.6) is 0 Å². The molecule has 1 heterocycles. The van der Waals surface area contributed by atoms with Crippen LogP contribution in [0, 0.1) is 5.92 Å². The molecule has 0 aromatic heterocycles. The lowest BCUT2D eigenvalue weighted by Crippen LogP contribution is -2.48. The number of carbonyl (C=O) groups excluding carboxylic acids is 1. The van der Waals surface area contributed by atoms with E-state index in [0.29, 0.717) is 13.0 Å². The Labute approximate surface area is 96.0 Å². The van der Waals surface area contributed by atoms with Gasteiger partial charge in [0, 0.05) is 25.6 Å². The highest BCUT2D eigenvalue weighted by Gasteiger charge is 2.31. The number of ether oxygens (including phenoxy) is 1. The summed E-state index contributed by atoms with van der Waals surface area (Å²) in [5, 5.41) is 18.6. The second-order valence-corrected chi connectivity index (χ2v) is 5.32. The summed E-state index contributed by atoms with van der Waals surface area (Å²) in [7, 11) is 0. The third kappa shape index (κ3) is 3.98. The van der Waals surface area contributed by atoms with Crippen LogP contribution in [-0.4, -0.2) is 52.6 Å². The minimum atomic E-state index is -0.571. The summed E-state index contributed by atoms with van der Waals surface area (Å²) in [5.74, 6) is -0.0590. The minimum absolute atomic E-state index is 0.0175. The molecule has 16 heavy (non-hydrogen) atoms. The molecule has 0 bridgehead atoms. The Morgan fingerprint density at radius 2 is 2.06 bits per heavy atom. The lowest BCUT2D eigenvalue weighted by molar-refractivity contribution is -0.0140. The zero-order valence-electron chi connectivity index (χ0n) is 10.1. The molecule has 1 saturated heterocycles. The highest BCUT2D eigenvalue weighted by atomic mass is 16.6. The topological polar surface area (TPSA) is 70.0 Å². The molecule has 0 saturated carbocycles. The van der Waals surface area contributed by atoms with E-state index in [1.54, 1.807) is 20.8 Å². The van der Waals surface area contributed by atoms with Crippen LogP contribution >= 0.6 is 0 Å². The summed E-state index contributed by atoms with van der Waals surface area (Å²) in [6.45, 7) is 6.11. The van der Waals surface area contributed by atoms with Crippen LogP contribution in [0.4, 0.5) is 4.79 Å². The molecule has 0 aromatic carbocycles. The van der Waals surface area contributed by atoms with Gasteiger partial charge < -0.3 is 19.8 Å². The van der Waals surface area contributed by atoms with E-state index in [9.17, 15) is 9.90 Å². The molecular weight excluding hydrogens is 210 g/mol. The Hall–Kier alpha value is -0.810. The van der Waals surface area contributed by atoms with Gasteiger partial charge in [0.15, 0.2) is 0 Å². The van der Waals surface area contributed by atoms with Crippen LogP contribution in [-0.2, 0) is 4.74 Å². The van der Waals surface area contributed by atoms with Gasteiger partial charge in [-0.25, -0.2) is 4.79 Å². The Morgan fingerprint density at radius 1 is 1.44 bits per heavy atom. The van der Waals surface area contributed by atoms with E-state index < -0.39 is 17.8 Å². The molecule has 1 aliphatic rings. The first kappa shape index (κ1) is 13.3. The number of aliphatic hydroxyl groups excluding tert-OH is 2. The van der Waals surface area contributed by atoms with E-state index in [0.717, 1.165) is 0 Å². The third-order valence-electron chi connectivity index (χ3n) is 2.43. The van der Waals surface area contributed by atoms with Crippen molar-refractivity contribution in [2.45, 2.75) is 38.9 Å². The van der Waals surface area contributed by atoms with Gasteiger partial charge in [-0.05, 0) is 27.2 Å². The van der Waals surface area contributed by atoms with Crippen LogP contribution in [0.2, 0.25) is 0 Å². The Morgan fingerprint density at radius 3 is 2.56 bits per heavy atom. The first-order valence-corrected chi connectivity index (χ1v) is 5.58. The molecule has 0 unspecified atom stereocenters. The highest BCUT2D eigenvalue weighted by Crippen LogP contribution is 2.19. The maximum Gasteiger partial charge on any atom is 0.410 e. The molecular formula is C11H21NO4. The standard InChI is InChI=1S/C11H21NO4/c1-11(2,3)16-10(15)12-5-8(7-13)4-9(14)6-12/h8-9,13-14H,4-7H2,1-3H3/t8-,9+/m0/s1. The van der Waals surface area contributed by atoms with Crippen molar-refractivity contribution in [3.8, 4) is 0 Å². The number of hydrogen-bond acceptors (Lipinski definition) is 4. The number of β-amino-alcohol motifs (C(OH)–C–C–N with tert-alkyl or cyclic N) is 1. The van der Waals surface area contributed by atoms with E-state index in [2.05, 4.69) is 0 Å². The zero-order chi connectivity index (χ0) is 12.3. The largest absolute Gasteiger partial charge is 0.444 e. The average Bonchev–Trinajstić information content (AvgIpc) is 2.14. The quantitative estimate of drug-likeness (QED) is 0.693. The van der Waals surface area contributed by atoms with Crippen molar-refractivity contribution >= 4 is 6.09 Å². The van der Waals surface area contributed by atoms with Gasteiger partial charge >= 0.3 is 6.09 Å². The van der Waals surface area contributed by atoms with Crippen LogP contribution < -0.4 is 0 Å². The monoisotopic (exact) mass is 231 g/mol. The molecule has 0 aliphatic carbocycles. The van der Waals surface area contributed by atoms with Gasteiger partial charge in [-0.3, -0.25) is 0 Å². The first-order chi connectivity index (χ1) is 7.31. The second-order valence-electron chi connectivity index (χ2n) is 5.32. The summed E-state index contributed by atoms with van der Waals surface area (Å²) < 4.78 is 5.21. The minimum Gasteiger partial charge on any atom is -0.444 e. The molecule has 1 amide bonds. The fraction of sp³-hybridized carbons (Fsp3) is 0.909. The normalized spacial score (nSPS) is 26.7. The third-order valence-corrected chi connectivity index (χ3v) is 2.43. The van der Waals surface area contributed by atoms with Crippen LogP contribution in [0.15, 0.2) is 0 Å². The predicted molar refractivity (Wildman–Crippen MR) is 59.0 cm³/mol. The van der Waals surface area contributed by atoms with Gasteiger partial charge in [0.2, 0.25) is 0 Å². The van der Waals surface area contributed by atoms with Crippen molar-refractivity contribution in [3.63, 3.8) is 0 Å². The summed E-state index contributed by atoms with van der Waals surface area (Å²) in [6, 6.07) is 0. The molecule has 94 valence electrons. The first-order valence-electron chi connectivity index (χ1n) is 5.58. The SMILES string of the molecule is CC(C)(C)OC(=O)N1C[C@H](O)C[C@H](CO)C1. The lowest BCUT2D eigenvalue weighted by atomic mass is 9.97. The van der Waals surface area contributed by atoms with E-state index in [1.807, 2.05) is 0 Å². The molecule has 0 radical (unpaired) electrons. The van der Waals surface area contributed by atoms with Gasteiger partial charge in [0.25, 0.3) is 0 Å². The molecule has 1 fully saturated rings. The van der Waals surface area contributed by atoms with E-state index in [4.69, 9.17) is 9.84 Å². The molecule has 1 aliphatic heterocycles. The van der Waals surface area contributed by atoms with Gasteiger partial charge in [-0.1, -0.05) is 0 Å². The number of aliphatic hydroxyl groups is 2. The number of likely N-dealkylation sites (tertiary alicyclic amines) is 1. The summed E-state index contributed by atoms with van der Waals surface area (Å²) in [5.41, 5.74) is -0.534. The molecule has 2 atom stereocenters. The van der Waals surface area contributed by atoms with Crippen LogP contribution in [0.3, 0.4) is 0 Å². The number of nitrogens with zero attached hydrogens (tertiary/aromatic N) is 1. The van der Waals surface area contributed by atoms with Crippen LogP contribution in [0.25, 0.3) is 0 Å². The second kappa shape index (κ2) is 5.01.